The number of fused-ring (bicyclic) bond motifs is 2. The maximum absolute atomic E-state index is 3.26. The van der Waals surface area contributed by atoms with Gasteiger partial charge < -0.3 is 4.90 Å². The molecule has 2 aromatic carbocycles. The Balaban J connectivity index is 2.08. The first-order valence-electron chi connectivity index (χ1n) is 6.30. The minimum absolute atomic E-state index is 0.410. The highest BCUT2D eigenvalue weighted by Gasteiger charge is 2.30. The van der Waals surface area contributed by atoms with E-state index in [-0.39, 0.29) is 0 Å². The van der Waals surface area contributed by atoms with Crippen molar-refractivity contribution in [2.75, 3.05) is 7.05 Å². The summed E-state index contributed by atoms with van der Waals surface area (Å²) in [5.74, 6) is 3.26. The predicted octanol–water partition coefficient (Wildman–Crippen LogP) is 3.21. The third-order valence-electron chi connectivity index (χ3n) is 3.99. The molecule has 0 saturated heterocycles. The molecule has 0 amide bonds. The van der Waals surface area contributed by atoms with E-state index in [0.29, 0.717) is 6.04 Å². The van der Waals surface area contributed by atoms with Crippen LogP contribution in [0.15, 0.2) is 42.5 Å². The molecule has 0 bridgehead atoms. The van der Waals surface area contributed by atoms with Crippen LogP contribution < -0.4 is 0 Å². The number of nitrogens with zero attached hydrogens (tertiary/aromatic N) is 1. The Kier molecular flexibility index (Phi) is 1.85. The number of likely N-dealkylation sites (N-methyl/N-ethyl adjacent to an activating group) is 1. The standard InChI is InChI=1S/C17H13N/c1-18-10-9-12-6-4-8-15-14-7-3-2-5-13(14)11-16(18)17(12)15/h2-8,16H,11H2,1H3. The Labute approximate surface area is 107 Å². The Morgan fingerprint density at radius 1 is 1.06 bits per heavy atom. The van der Waals surface area contributed by atoms with Crippen molar-refractivity contribution in [3.8, 4) is 23.1 Å². The summed E-state index contributed by atoms with van der Waals surface area (Å²) in [6.45, 7) is 0. The van der Waals surface area contributed by atoms with E-state index in [4.69, 9.17) is 0 Å². The van der Waals surface area contributed by atoms with Crippen LogP contribution in [0.25, 0.3) is 11.1 Å². The van der Waals surface area contributed by atoms with Gasteiger partial charge in [0.1, 0.15) is 0 Å². The Morgan fingerprint density at radius 2 is 1.89 bits per heavy atom. The summed E-state index contributed by atoms with van der Waals surface area (Å²) in [7, 11) is 2.09. The van der Waals surface area contributed by atoms with Gasteiger partial charge in [-0.3, -0.25) is 0 Å². The predicted molar refractivity (Wildman–Crippen MR) is 73.0 cm³/mol. The maximum Gasteiger partial charge on any atom is 0.0676 e. The van der Waals surface area contributed by atoms with Crippen LogP contribution in [0.2, 0.25) is 0 Å². The van der Waals surface area contributed by atoms with Crippen LogP contribution in [0.4, 0.5) is 0 Å². The van der Waals surface area contributed by atoms with Crippen molar-refractivity contribution in [2.45, 2.75) is 12.5 Å². The second kappa shape index (κ2) is 3.40. The lowest BCUT2D eigenvalue weighted by molar-refractivity contribution is 0.348. The van der Waals surface area contributed by atoms with Crippen molar-refractivity contribution >= 4 is 0 Å². The molecule has 1 heteroatoms. The first-order chi connectivity index (χ1) is 8.84. The van der Waals surface area contributed by atoms with Crippen molar-refractivity contribution < 1.29 is 0 Å². The number of rotatable bonds is 0. The molecule has 1 unspecified atom stereocenters. The molecule has 0 saturated carbocycles. The van der Waals surface area contributed by atoms with E-state index < -0.39 is 0 Å². The zero-order valence-corrected chi connectivity index (χ0v) is 10.3. The average molecular weight is 231 g/mol. The molecule has 0 radical (unpaired) electrons. The first-order valence-corrected chi connectivity index (χ1v) is 6.30. The number of benzene rings is 2. The molecule has 0 aromatic heterocycles. The van der Waals surface area contributed by atoms with Gasteiger partial charge in [0.05, 0.1) is 6.04 Å². The molecule has 2 aliphatic rings. The molecular formula is C17H13N. The van der Waals surface area contributed by atoms with Crippen LogP contribution in [-0.4, -0.2) is 11.9 Å². The van der Waals surface area contributed by atoms with E-state index in [9.17, 15) is 0 Å². The zero-order chi connectivity index (χ0) is 12.1. The molecule has 1 nitrogen and oxygen atoms in total. The lowest BCUT2D eigenvalue weighted by atomic mass is 9.79. The second-order valence-corrected chi connectivity index (χ2v) is 4.99. The zero-order valence-electron chi connectivity index (χ0n) is 10.3. The molecule has 1 heterocycles. The summed E-state index contributed by atoms with van der Waals surface area (Å²) in [4.78, 5) is 2.15. The summed E-state index contributed by atoms with van der Waals surface area (Å²) in [6, 6.07) is 18.8. The topological polar surface area (TPSA) is 3.24 Å². The fourth-order valence-corrected chi connectivity index (χ4v) is 3.10. The van der Waals surface area contributed by atoms with E-state index in [1.54, 1.807) is 0 Å². The quantitative estimate of drug-likeness (QED) is 0.629. The SMILES string of the molecule is CN1C#Cc2cccc3c2C1Cc1ccccc1-3. The molecule has 1 aliphatic heterocycles. The molecule has 0 N–H and O–H groups in total. The highest BCUT2D eigenvalue weighted by molar-refractivity contribution is 5.77. The van der Waals surface area contributed by atoms with Gasteiger partial charge in [-0.05, 0) is 40.7 Å². The minimum atomic E-state index is 0.410. The summed E-state index contributed by atoms with van der Waals surface area (Å²) >= 11 is 0. The third-order valence-corrected chi connectivity index (χ3v) is 3.99. The molecule has 1 aliphatic carbocycles. The van der Waals surface area contributed by atoms with E-state index in [2.05, 4.69) is 66.4 Å². The fraction of sp³-hybridized carbons (Fsp3) is 0.176. The molecular weight excluding hydrogens is 218 g/mol. The smallest absolute Gasteiger partial charge is 0.0676 e. The second-order valence-electron chi connectivity index (χ2n) is 4.99. The summed E-state index contributed by atoms with van der Waals surface area (Å²) in [6.07, 6.45) is 1.06. The van der Waals surface area contributed by atoms with Gasteiger partial charge in [-0.1, -0.05) is 36.4 Å². The maximum atomic E-state index is 3.26. The molecule has 0 fully saturated rings. The lowest BCUT2D eigenvalue weighted by Crippen LogP contribution is -2.28. The van der Waals surface area contributed by atoms with Crippen LogP contribution in [-0.2, 0) is 6.42 Å². The molecule has 1 atom stereocenters. The largest absolute Gasteiger partial charge is 0.328 e. The van der Waals surface area contributed by atoms with Gasteiger partial charge in [-0.2, -0.15) is 0 Å². The molecule has 86 valence electrons. The van der Waals surface area contributed by atoms with E-state index >= 15 is 0 Å². The average Bonchev–Trinajstić information content (AvgIpc) is 2.43. The lowest BCUT2D eigenvalue weighted by Gasteiger charge is -2.35. The molecule has 18 heavy (non-hydrogen) atoms. The van der Waals surface area contributed by atoms with Crippen molar-refractivity contribution in [3.05, 3.63) is 59.2 Å². The van der Waals surface area contributed by atoms with Crippen LogP contribution in [0.5, 0.6) is 0 Å². The van der Waals surface area contributed by atoms with Crippen LogP contribution in [0.3, 0.4) is 0 Å². The van der Waals surface area contributed by atoms with Crippen LogP contribution in [0.1, 0.15) is 22.7 Å². The monoisotopic (exact) mass is 231 g/mol. The minimum Gasteiger partial charge on any atom is -0.328 e. The van der Waals surface area contributed by atoms with Gasteiger partial charge in [-0.25, -0.2) is 0 Å². The Hall–Kier alpha value is -2.20. The summed E-state index contributed by atoms with van der Waals surface area (Å²) in [5, 5.41) is 0. The Morgan fingerprint density at radius 3 is 2.83 bits per heavy atom. The Bertz CT molecular complexity index is 703. The highest BCUT2D eigenvalue weighted by atomic mass is 15.1. The van der Waals surface area contributed by atoms with Crippen molar-refractivity contribution in [1.82, 2.24) is 4.90 Å². The molecule has 4 rings (SSSR count). The highest BCUT2D eigenvalue weighted by Crippen LogP contribution is 2.43. The third kappa shape index (κ3) is 1.18. The summed E-state index contributed by atoms with van der Waals surface area (Å²) < 4.78 is 0. The first kappa shape index (κ1) is 9.79. The number of hydrogen-bond acceptors (Lipinski definition) is 1. The number of hydrogen-bond donors (Lipinski definition) is 0. The van der Waals surface area contributed by atoms with Crippen molar-refractivity contribution in [2.24, 2.45) is 0 Å². The fourth-order valence-electron chi connectivity index (χ4n) is 3.10. The van der Waals surface area contributed by atoms with Gasteiger partial charge in [-0.15, -0.1) is 0 Å². The van der Waals surface area contributed by atoms with Gasteiger partial charge in [0, 0.05) is 18.7 Å². The summed E-state index contributed by atoms with van der Waals surface area (Å²) in [5.41, 5.74) is 6.79. The van der Waals surface area contributed by atoms with Crippen LogP contribution >= 0.6 is 0 Å². The normalized spacial score (nSPS) is 18.5. The molecule has 0 spiro atoms. The van der Waals surface area contributed by atoms with Crippen molar-refractivity contribution in [3.63, 3.8) is 0 Å². The van der Waals surface area contributed by atoms with E-state index in [1.165, 1.54) is 27.8 Å². The van der Waals surface area contributed by atoms with E-state index in [0.717, 1.165) is 6.42 Å². The van der Waals surface area contributed by atoms with Gasteiger partial charge >= 0.3 is 0 Å². The van der Waals surface area contributed by atoms with E-state index in [1.807, 2.05) is 0 Å². The van der Waals surface area contributed by atoms with Gasteiger partial charge in [0.25, 0.3) is 0 Å². The van der Waals surface area contributed by atoms with Crippen LogP contribution in [0, 0.1) is 12.0 Å². The van der Waals surface area contributed by atoms with Crippen molar-refractivity contribution in [1.29, 1.82) is 0 Å². The van der Waals surface area contributed by atoms with Gasteiger partial charge in [0.2, 0.25) is 0 Å². The van der Waals surface area contributed by atoms with Gasteiger partial charge in [0.15, 0.2) is 0 Å². The molecule has 2 aromatic rings.